The van der Waals surface area contributed by atoms with Gasteiger partial charge in [0.15, 0.2) is 0 Å². The Morgan fingerprint density at radius 2 is 1.89 bits per heavy atom. The summed E-state index contributed by atoms with van der Waals surface area (Å²) in [5, 5.41) is 4.47. The van der Waals surface area contributed by atoms with E-state index in [9.17, 15) is 9.18 Å². The molecule has 27 heavy (non-hydrogen) atoms. The summed E-state index contributed by atoms with van der Waals surface area (Å²) in [6, 6.07) is 10.2. The summed E-state index contributed by atoms with van der Waals surface area (Å²) in [4.78, 5) is 20.1. The van der Waals surface area contributed by atoms with Crippen molar-refractivity contribution >= 4 is 11.7 Å². The van der Waals surface area contributed by atoms with Crippen LogP contribution in [0.1, 0.15) is 27.2 Å². The van der Waals surface area contributed by atoms with Gasteiger partial charge in [0.1, 0.15) is 11.6 Å². The molecule has 0 saturated carbocycles. The van der Waals surface area contributed by atoms with Crippen molar-refractivity contribution in [2.45, 2.75) is 19.6 Å². The van der Waals surface area contributed by atoms with Crippen molar-refractivity contribution in [2.75, 3.05) is 19.0 Å². The Kier molecular flexibility index (Phi) is 4.35. The average Bonchev–Trinajstić information content (AvgIpc) is 3.25. The number of halogens is 1. The Balaban J connectivity index is 1.49. The van der Waals surface area contributed by atoms with Gasteiger partial charge in [-0.15, -0.1) is 0 Å². The van der Waals surface area contributed by atoms with Crippen molar-refractivity contribution < 1.29 is 9.18 Å². The number of aromatic nitrogens is 3. The fourth-order valence-corrected chi connectivity index (χ4v) is 3.23. The van der Waals surface area contributed by atoms with Crippen molar-refractivity contribution in [3.8, 4) is 0 Å². The number of carbonyl (C=O) groups is 1. The van der Waals surface area contributed by atoms with E-state index in [1.807, 2.05) is 16.9 Å². The highest BCUT2D eigenvalue weighted by atomic mass is 19.1. The van der Waals surface area contributed by atoms with Crippen molar-refractivity contribution in [3.63, 3.8) is 0 Å². The molecule has 138 valence electrons. The molecule has 3 heterocycles. The molecule has 1 amide bonds. The van der Waals surface area contributed by atoms with E-state index in [0.717, 1.165) is 29.2 Å². The van der Waals surface area contributed by atoms with E-state index in [1.165, 1.54) is 17.0 Å². The van der Waals surface area contributed by atoms with Crippen molar-refractivity contribution in [1.82, 2.24) is 19.7 Å². The quantitative estimate of drug-likeness (QED) is 0.713. The van der Waals surface area contributed by atoms with E-state index < -0.39 is 0 Å². The van der Waals surface area contributed by atoms with Gasteiger partial charge in [-0.1, -0.05) is 12.1 Å². The summed E-state index contributed by atoms with van der Waals surface area (Å²) in [5.74, 6) is 0.529. The van der Waals surface area contributed by atoms with Crippen molar-refractivity contribution in [2.24, 2.45) is 0 Å². The Bertz CT molecular complexity index is 963. The van der Waals surface area contributed by atoms with E-state index in [-0.39, 0.29) is 11.7 Å². The zero-order chi connectivity index (χ0) is 19.0. The third-order valence-corrected chi connectivity index (χ3v) is 4.71. The van der Waals surface area contributed by atoms with Gasteiger partial charge in [-0.05, 0) is 29.8 Å². The van der Waals surface area contributed by atoms with Gasteiger partial charge in [-0.3, -0.25) is 9.48 Å². The lowest BCUT2D eigenvalue weighted by molar-refractivity contribution is 0.0827. The van der Waals surface area contributed by atoms with E-state index in [1.54, 1.807) is 38.5 Å². The van der Waals surface area contributed by atoms with E-state index in [0.29, 0.717) is 18.7 Å². The number of fused-ring (bicyclic) bond motifs is 1. The number of pyridine rings is 1. The van der Waals surface area contributed by atoms with Gasteiger partial charge in [0.2, 0.25) is 0 Å². The van der Waals surface area contributed by atoms with E-state index >= 15 is 0 Å². The highest BCUT2D eigenvalue weighted by Crippen LogP contribution is 2.27. The Morgan fingerprint density at radius 3 is 2.56 bits per heavy atom. The molecule has 4 rings (SSSR count). The number of amides is 1. The first-order valence-corrected chi connectivity index (χ1v) is 8.72. The Labute approximate surface area is 156 Å². The van der Waals surface area contributed by atoms with Crippen molar-refractivity contribution in [3.05, 3.63) is 77.0 Å². The van der Waals surface area contributed by atoms with Crippen LogP contribution in [0.3, 0.4) is 0 Å². The number of nitrogens with zero attached hydrogens (tertiary/aromatic N) is 5. The minimum Gasteiger partial charge on any atom is -0.346 e. The third-order valence-electron chi connectivity index (χ3n) is 4.71. The zero-order valence-corrected chi connectivity index (χ0v) is 15.3. The van der Waals surface area contributed by atoms with Gasteiger partial charge >= 0.3 is 0 Å². The summed E-state index contributed by atoms with van der Waals surface area (Å²) < 4.78 is 15.0. The van der Waals surface area contributed by atoms with Crippen LogP contribution in [0.4, 0.5) is 10.2 Å². The van der Waals surface area contributed by atoms with Gasteiger partial charge in [-0.25, -0.2) is 9.37 Å². The minimum absolute atomic E-state index is 0.0614. The molecule has 0 spiro atoms. The molecule has 0 atom stereocenters. The molecule has 0 bridgehead atoms. The lowest BCUT2D eigenvalue weighted by Gasteiger charge is -2.18. The maximum absolute atomic E-state index is 13.1. The lowest BCUT2D eigenvalue weighted by atomic mass is 10.2. The summed E-state index contributed by atoms with van der Waals surface area (Å²) in [5.41, 5.74) is 3.87. The van der Waals surface area contributed by atoms with Crippen molar-refractivity contribution in [1.29, 1.82) is 0 Å². The standard InChI is InChI=1S/C20H20FN5O/c1-24(2)20(27)15-5-8-19(22-9-15)25-12-16-10-23-26(18(16)13-25)11-14-3-6-17(21)7-4-14/h3-10H,11-13H2,1-2H3. The third kappa shape index (κ3) is 3.40. The molecular weight excluding hydrogens is 345 g/mol. The second-order valence-electron chi connectivity index (χ2n) is 6.86. The van der Waals surface area contributed by atoms with Gasteiger partial charge in [0, 0.05) is 32.4 Å². The average molecular weight is 365 g/mol. The van der Waals surface area contributed by atoms with Crippen LogP contribution >= 0.6 is 0 Å². The Hall–Kier alpha value is -3.22. The molecule has 0 unspecified atom stereocenters. The maximum Gasteiger partial charge on any atom is 0.254 e. The first-order valence-electron chi connectivity index (χ1n) is 8.72. The number of hydrogen-bond donors (Lipinski definition) is 0. The van der Waals surface area contributed by atoms with Crippen LogP contribution in [-0.2, 0) is 19.6 Å². The van der Waals surface area contributed by atoms with Gasteiger partial charge < -0.3 is 9.80 Å². The fraction of sp³-hybridized carbons (Fsp3) is 0.250. The van der Waals surface area contributed by atoms with Gasteiger partial charge in [-0.2, -0.15) is 5.10 Å². The highest BCUT2D eigenvalue weighted by Gasteiger charge is 2.25. The van der Waals surface area contributed by atoms with E-state index in [2.05, 4.69) is 15.0 Å². The number of rotatable bonds is 4. The van der Waals surface area contributed by atoms with Crippen LogP contribution in [0.15, 0.2) is 48.8 Å². The summed E-state index contributed by atoms with van der Waals surface area (Å²) in [6.07, 6.45) is 3.49. The number of carbonyl (C=O) groups excluding carboxylic acids is 1. The van der Waals surface area contributed by atoms with Gasteiger partial charge in [0.25, 0.3) is 5.91 Å². The first-order chi connectivity index (χ1) is 13.0. The monoisotopic (exact) mass is 365 g/mol. The molecule has 2 aromatic heterocycles. The van der Waals surface area contributed by atoms with E-state index in [4.69, 9.17) is 0 Å². The molecule has 0 N–H and O–H groups in total. The molecule has 1 aromatic carbocycles. The second kappa shape index (κ2) is 6.83. The molecule has 1 aliphatic rings. The number of anilines is 1. The number of hydrogen-bond acceptors (Lipinski definition) is 4. The minimum atomic E-state index is -0.238. The first kappa shape index (κ1) is 17.2. The van der Waals surface area contributed by atoms with Crippen LogP contribution in [0.2, 0.25) is 0 Å². The predicted octanol–water partition coefficient (Wildman–Crippen LogP) is 2.69. The van der Waals surface area contributed by atoms with Crippen LogP contribution in [0, 0.1) is 5.82 Å². The maximum atomic E-state index is 13.1. The van der Waals surface area contributed by atoms with Gasteiger partial charge in [0.05, 0.1) is 30.5 Å². The largest absolute Gasteiger partial charge is 0.346 e. The van der Waals surface area contributed by atoms with Crippen LogP contribution in [0.5, 0.6) is 0 Å². The zero-order valence-electron chi connectivity index (χ0n) is 15.3. The molecular formula is C20H20FN5O. The summed E-state index contributed by atoms with van der Waals surface area (Å²) in [6.45, 7) is 2.03. The molecule has 0 radical (unpaired) electrons. The van der Waals surface area contributed by atoms with Crippen LogP contribution in [-0.4, -0.2) is 39.7 Å². The molecule has 0 fully saturated rings. The predicted molar refractivity (Wildman–Crippen MR) is 99.9 cm³/mol. The molecule has 6 nitrogen and oxygen atoms in total. The molecule has 0 saturated heterocycles. The van der Waals surface area contributed by atoms with Crippen LogP contribution < -0.4 is 4.90 Å². The summed E-state index contributed by atoms with van der Waals surface area (Å²) in [7, 11) is 3.44. The summed E-state index contributed by atoms with van der Waals surface area (Å²) >= 11 is 0. The fourth-order valence-electron chi connectivity index (χ4n) is 3.23. The molecule has 3 aromatic rings. The topological polar surface area (TPSA) is 54.3 Å². The second-order valence-corrected chi connectivity index (χ2v) is 6.86. The lowest BCUT2D eigenvalue weighted by Crippen LogP contribution is -2.22. The Morgan fingerprint density at radius 1 is 1.11 bits per heavy atom. The molecule has 1 aliphatic heterocycles. The normalized spacial score (nSPS) is 12.9. The molecule has 7 heteroatoms. The SMILES string of the molecule is CN(C)C(=O)c1ccc(N2Cc3cnn(Cc4ccc(F)cc4)c3C2)nc1. The molecule has 0 aliphatic carbocycles. The van der Waals surface area contributed by atoms with Crippen LogP contribution in [0.25, 0.3) is 0 Å². The highest BCUT2D eigenvalue weighted by molar-refractivity contribution is 5.93. The smallest absolute Gasteiger partial charge is 0.254 e. The number of benzene rings is 1.